The first-order valence-corrected chi connectivity index (χ1v) is 8.40. The van der Waals surface area contributed by atoms with E-state index in [2.05, 4.69) is 10.1 Å². The van der Waals surface area contributed by atoms with Gasteiger partial charge in [0.2, 0.25) is 15.9 Å². The molecule has 1 aliphatic carbocycles. The highest BCUT2D eigenvalue weighted by Crippen LogP contribution is 2.45. The number of ether oxygens (including phenoxy) is 1. The van der Waals surface area contributed by atoms with Gasteiger partial charge in [0.05, 0.1) is 23.9 Å². The van der Waals surface area contributed by atoms with Crippen LogP contribution in [0.25, 0.3) is 0 Å². The number of sulfonamides is 1. The van der Waals surface area contributed by atoms with Gasteiger partial charge in [0.25, 0.3) is 0 Å². The zero-order valence-corrected chi connectivity index (χ0v) is 12.1. The first-order valence-electron chi connectivity index (χ1n) is 6.90. The smallest absolute Gasteiger partial charge is 0.236 e. The lowest BCUT2D eigenvalue weighted by Gasteiger charge is -2.22. The van der Waals surface area contributed by atoms with E-state index in [1.807, 2.05) is 0 Å². The molecule has 0 amide bonds. The zero-order valence-electron chi connectivity index (χ0n) is 11.3. The highest BCUT2D eigenvalue weighted by Gasteiger charge is 2.59. The van der Waals surface area contributed by atoms with Crippen LogP contribution < -0.4 is 0 Å². The van der Waals surface area contributed by atoms with Crippen molar-refractivity contribution in [2.24, 2.45) is 5.92 Å². The van der Waals surface area contributed by atoms with E-state index in [-0.39, 0.29) is 11.2 Å². The van der Waals surface area contributed by atoms with Gasteiger partial charge in [-0.2, -0.15) is 4.98 Å². The minimum absolute atomic E-state index is 0.107. The number of aromatic nitrogens is 2. The fourth-order valence-corrected chi connectivity index (χ4v) is 5.21. The second-order valence-corrected chi connectivity index (χ2v) is 8.26. The SMILES string of the molecule is Cc1noc([C@]23COC[C@H]2CN(S(=O)(=O)C2CC2)C3)n1. The summed E-state index contributed by atoms with van der Waals surface area (Å²) in [7, 11) is -3.16. The standard InChI is InChI=1S/C12H17N3O4S/c1-8-13-11(19-14-8)12-6-15(4-9(12)5-18-7-12)20(16,17)10-2-3-10/h9-10H,2-7H2,1H3/t9-,12-/m1/s1. The van der Waals surface area contributed by atoms with Crippen LogP contribution in [0.1, 0.15) is 24.6 Å². The van der Waals surface area contributed by atoms with E-state index in [9.17, 15) is 8.42 Å². The Balaban J connectivity index is 1.69. The fraction of sp³-hybridized carbons (Fsp3) is 0.833. The zero-order chi connectivity index (χ0) is 14.0. The third-order valence-corrected chi connectivity index (χ3v) is 6.91. The van der Waals surface area contributed by atoms with Crippen LogP contribution in [0.2, 0.25) is 0 Å². The monoisotopic (exact) mass is 299 g/mol. The molecule has 110 valence electrons. The molecule has 2 atom stereocenters. The third kappa shape index (κ3) is 1.68. The highest BCUT2D eigenvalue weighted by atomic mass is 32.2. The molecule has 0 unspecified atom stereocenters. The van der Waals surface area contributed by atoms with E-state index in [1.165, 1.54) is 0 Å². The predicted octanol–water partition coefficient (Wildman–Crippen LogP) is 0.0700. The minimum Gasteiger partial charge on any atom is -0.380 e. The maximum atomic E-state index is 12.4. The Morgan fingerprint density at radius 3 is 2.85 bits per heavy atom. The summed E-state index contributed by atoms with van der Waals surface area (Å²) >= 11 is 0. The fourth-order valence-electron chi connectivity index (χ4n) is 3.26. The molecule has 0 spiro atoms. The van der Waals surface area contributed by atoms with Crippen LogP contribution in [0, 0.1) is 12.8 Å². The molecular formula is C12H17N3O4S. The summed E-state index contributed by atoms with van der Waals surface area (Å²) in [6.07, 6.45) is 1.57. The lowest BCUT2D eigenvalue weighted by Crippen LogP contribution is -2.38. The Kier molecular flexibility index (Phi) is 2.56. The van der Waals surface area contributed by atoms with Crippen molar-refractivity contribution in [1.82, 2.24) is 14.4 Å². The molecule has 3 heterocycles. The van der Waals surface area contributed by atoms with Crippen LogP contribution in [-0.4, -0.2) is 54.4 Å². The lowest BCUT2D eigenvalue weighted by atomic mass is 9.81. The van der Waals surface area contributed by atoms with Crippen molar-refractivity contribution in [3.8, 4) is 0 Å². The largest absolute Gasteiger partial charge is 0.380 e. The van der Waals surface area contributed by atoms with E-state index < -0.39 is 15.4 Å². The number of rotatable bonds is 3. The molecule has 4 rings (SSSR count). The van der Waals surface area contributed by atoms with Gasteiger partial charge in [-0.25, -0.2) is 12.7 Å². The van der Waals surface area contributed by atoms with E-state index in [0.717, 1.165) is 12.8 Å². The van der Waals surface area contributed by atoms with Gasteiger partial charge in [-0.05, 0) is 19.8 Å². The van der Waals surface area contributed by atoms with Crippen molar-refractivity contribution in [2.45, 2.75) is 30.4 Å². The summed E-state index contributed by atoms with van der Waals surface area (Å²) in [4.78, 5) is 4.32. The van der Waals surface area contributed by atoms with Gasteiger partial charge in [-0.15, -0.1) is 0 Å². The quantitative estimate of drug-likeness (QED) is 0.785. The topological polar surface area (TPSA) is 85.5 Å². The maximum absolute atomic E-state index is 12.4. The molecule has 8 heteroatoms. The number of aryl methyl sites for hydroxylation is 1. The molecule has 3 aliphatic rings. The number of hydrogen-bond donors (Lipinski definition) is 0. The Hall–Kier alpha value is -0.990. The summed E-state index contributed by atoms with van der Waals surface area (Å²) in [5, 5.41) is 3.66. The van der Waals surface area contributed by atoms with Crippen molar-refractivity contribution in [2.75, 3.05) is 26.3 Å². The van der Waals surface area contributed by atoms with Gasteiger partial charge in [-0.3, -0.25) is 0 Å². The molecule has 1 aromatic rings. The van der Waals surface area contributed by atoms with Gasteiger partial charge >= 0.3 is 0 Å². The maximum Gasteiger partial charge on any atom is 0.236 e. The molecule has 1 aromatic heterocycles. The molecular weight excluding hydrogens is 282 g/mol. The van der Waals surface area contributed by atoms with E-state index in [4.69, 9.17) is 9.26 Å². The van der Waals surface area contributed by atoms with Gasteiger partial charge in [0.1, 0.15) is 0 Å². The van der Waals surface area contributed by atoms with Crippen LogP contribution in [0.15, 0.2) is 4.52 Å². The van der Waals surface area contributed by atoms with Gasteiger partial charge in [0, 0.05) is 19.0 Å². The van der Waals surface area contributed by atoms with Crippen molar-refractivity contribution in [1.29, 1.82) is 0 Å². The third-order valence-electron chi connectivity index (χ3n) is 4.60. The molecule has 0 aromatic carbocycles. The average molecular weight is 299 g/mol. The highest BCUT2D eigenvalue weighted by molar-refractivity contribution is 7.90. The Morgan fingerprint density at radius 1 is 1.40 bits per heavy atom. The van der Waals surface area contributed by atoms with E-state index in [1.54, 1.807) is 11.2 Å². The summed E-state index contributed by atoms with van der Waals surface area (Å²) in [6, 6.07) is 0. The summed E-state index contributed by atoms with van der Waals surface area (Å²) in [6.45, 7) is 3.68. The number of nitrogens with zero attached hydrogens (tertiary/aromatic N) is 3. The molecule has 20 heavy (non-hydrogen) atoms. The Bertz CT molecular complexity index is 639. The average Bonchev–Trinajstić information content (AvgIpc) is 2.88. The number of hydrogen-bond acceptors (Lipinski definition) is 6. The van der Waals surface area contributed by atoms with Crippen molar-refractivity contribution in [3.63, 3.8) is 0 Å². The van der Waals surface area contributed by atoms with Crippen LogP contribution >= 0.6 is 0 Å². The Labute approximate surface area is 117 Å². The van der Waals surface area contributed by atoms with Crippen molar-refractivity contribution >= 4 is 10.0 Å². The first kappa shape index (κ1) is 12.7. The molecule has 7 nitrogen and oxygen atoms in total. The molecule has 3 fully saturated rings. The molecule has 1 saturated carbocycles. The van der Waals surface area contributed by atoms with Crippen molar-refractivity contribution in [3.05, 3.63) is 11.7 Å². The van der Waals surface area contributed by atoms with Crippen molar-refractivity contribution < 1.29 is 17.7 Å². The molecule has 2 aliphatic heterocycles. The summed E-state index contributed by atoms with van der Waals surface area (Å²) in [5.41, 5.74) is -0.455. The molecule has 0 bridgehead atoms. The van der Waals surface area contributed by atoms with E-state index >= 15 is 0 Å². The first-order chi connectivity index (χ1) is 9.52. The molecule has 0 N–H and O–H groups in total. The van der Waals surface area contributed by atoms with E-state index in [0.29, 0.717) is 38.0 Å². The van der Waals surface area contributed by atoms with Crippen LogP contribution in [0.4, 0.5) is 0 Å². The van der Waals surface area contributed by atoms with Gasteiger partial charge in [-0.1, -0.05) is 5.16 Å². The van der Waals surface area contributed by atoms with Crippen LogP contribution in [0.5, 0.6) is 0 Å². The lowest BCUT2D eigenvalue weighted by molar-refractivity contribution is 0.153. The Morgan fingerprint density at radius 2 is 2.20 bits per heavy atom. The van der Waals surface area contributed by atoms with Crippen LogP contribution in [-0.2, 0) is 20.2 Å². The second kappa shape index (κ2) is 4.02. The number of fused-ring (bicyclic) bond motifs is 1. The molecule has 0 radical (unpaired) electrons. The minimum atomic E-state index is -3.16. The summed E-state index contributed by atoms with van der Waals surface area (Å²) < 4.78 is 37.3. The van der Waals surface area contributed by atoms with Crippen LogP contribution in [0.3, 0.4) is 0 Å². The normalized spacial score (nSPS) is 34.5. The second-order valence-electron chi connectivity index (χ2n) is 6.05. The molecule has 2 saturated heterocycles. The summed E-state index contributed by atoms with van der Waals surface area (Å²) in [5.74, 6) is 1.20. The van der Waals surface area contributed by atoms with Gasteiger partial charge < -0.3 is 9.26 Å². The van der Waals surface area contributed by atoms with Gasteiger partial charge in [0.15, 0.2) is 5.82 Å². The predicted molar refractivity (Wildman–Crippen MR) is 68.5 cm³/mol.